The van der Waals surface area contributed by atoms with Crippen molar-refractivity contribution in [2.45, 2.75) is 20.0 Å². The zero-order valence-electron chi connectivity index (χ0n) is 4.47. The molecule has 0 bridgehead atoms. The summed E-state index contributed by atoms with van der Waals surface area (Å²) in [5.74, 6) is 4.63. The molecule has 0 aliphatic carbocycles. The Bertz CT molecular complexity index is 40.2. The van der Waals surface area contributed by atoms with Crippen LogP contribution in [0.5, 0.6) is 0 Å². The van der Waals surface area contributed by atoms with Crippen LogP contribution in [-0.2, 0) is 4.84 Å². The van der Waals surface area contributed by atoms with Crippen molar-refractivity contribution >= 4 is 0 Å². The first-order valence-corrected chi connectivity index (χ1v) is 2.09. The molecule has 0 radical (unpaired) electrons. The standard InChI is InChI=1S/C3H10N2O2/c1-3(2)7-5(4)6/h3,5H,4H2,1-2H3. The molecule has 0 aromatic carbocycles. The van der Waals surface area contributed by atoms with Gasteiger partial charge in [0.2, 0.25) is 0 Å². The molecular formula is C3H10N2O2. The number of quaternary nitrogens is 1. The largest absolute Gasteiger partial charge is 0.580 e. The Labute approximate surface area is 42.4 Å². The van der Waals surface area contributed by atoms with Gasteiger partial charge < -0.3 is 5.21 Å². The van der Waals surface area contributed by atoms with E-state index in [1.807, 2.05) is 0 Å². The van der Waals surface area contributed by atoms with Crippen molar-refractivity contribution in [1.29, 1.82) is 0 Å². The second-order valence-corrected chi connectivity index (χ2v) is 1.49. The van der Waals surface area contributed by atoms with Crippen molar-refractivity contribution in [3.8, 4) is 0 Å². The first-order valence-electron chi connectivity index (χ1n) is 2.09. The van der Waals surface area contributed by atoms with Crippen LogP contribution in [0.25, 0.3) is 0 Å². The third kappa shape index (κ3) is 5.84. The molecule has 0 heterocycles. The summed E-state index contributed by atoms with van der Waals surface area (Å²) in [4.78, 5) is 4.39. The quantitative estimate of drug-likeness (QED) is 0.335. The highest BCUT2D eigenvalue weighted by atomic mass is 16.9. The molecular weight excluding hydrogens is 96.0 g/mol. The molecule has 0 spiro atoms. The van der Waals surface area contributed by atoms with Gasteiger partial charge in [-0.3, -0.25) is 0 Å². The Kier molecular flexibility index (Phi) is 2.86. The summed E-state index contributed by atoms with van der Waals surface area (Å²) in [6.07, 6.45) is -0.0995. The molecule has 0 aromatic heterocycles. The maximum absolute atomic E-state index is 9.81. The van der Waals surface area contributed by atoms with Gasteiger partial charge in [-0.15, -0.1) is 11.2 Å². The minimum atomic E-state index is -0.713. The molecule has 1 atom stereocenters. The van der Waals surface area contributed by atoms with Crippen molar-refractivity contribution in [2.24, 2.45) is 5.84 Å². The van der Waals surface area contributed by atoms with E-state index in [2.05, 4.69) is 10.7 Å². The van der Waals surface area contributed by atoms with Gasteiger partial charge in [0.25, 0.3) is 0 Å². The number of rotatable bonds is 2. The molecule has 4 nitrogen and oxygen atoms in total. The molecule has 1 unspecified atom stereocenters. The molecule has 3 N–H and O–H groups in total. The first kappa shape index (κ1) is 6.84. The maximum Gasteiger partial charge on any atom is 0.114 e. The SMILES string of the molecule is CC(C)O[NH+](N)[O-]. The van der Waals surface area contributed by atoms with Crippen LogP contribution in [0.3, 0.4) is 0 Å². The first-order chi connectivity index (χ1) is 3.13. The molecule has 0 rings (SSSR count). The van der Waals surface area contributed by atoms with Crippen LogP contribution in [0.1, 0.15) is 13.8 Å². The van der Waals surface area contributed by atoms with Gasteiger partial charge in [0.15, 0.2) is 0 Å². The second kappa shape index (κ2) is 2.92. The molecule has 0 aliphatic heterocycles. The summed E-state index contributed by atoms with van der Waals surface area (Å²) in [6, 6.07) is 0. The van der Waals surface area contributed by atoms with Gasteiger partial charge in [-0.1, -0.05) is 0 Å². The third-order valence-electron chi connectivity index (χ3n) is 0.352. The molecule has 0 fully saturated rings. The highest BCUT2D eigenvalue weighted by Crippen LogP contribution is 1.74. The summed E-state index contributed by atoms with van der Waals surface area (Å²) in [5, 5.41) is 9.10. The van der Waals surface area contributed by atoms with Gasteiger partial charge in [-0.2, -0.15) is 4.84 Å². The van der Waals surface area contributed by atoms with Crippen LogP contribution in [0.15, 0.2) is 0 Å². The Morgan fingerprint density at radius 3 is 2.14 bits per heavy atom. The number of nitrogens with one attached hydrogen (secondary N) is 1. The van der Waals surface area contributed by atoms with E-state index >= 15 is 0 Å². The lowest BCUT2D eigenvalue weighted by Gasteiger charge is -2.14. The fourth-order valence-electron chi connectivity index (χ4n) is 0.232. The topological polar surface area (TPSA) is 62.8 Å². The smallest absolute Gasteiger partial charge is 0.114 e. The number of hydrogen-bond acceptors (Lipinski definition) is 3. The van der Waals surface area contributed by atoms with Crippen molar-refractivity contribution in [3.05, 3.63) is 5.21 Å². The van der Waals surface area contributed by atoms with Gasteiger partial charge in [0, 0.05) is 0 Å². The summed E-state index contributed by atoms with van der Waals surface area (Å²) in [6.45, 7) is 3.48. The third-order valence-corrected chi connectivity index (χ3v) is 0.352. The second-order valence-electron chi connectivity index (χ2n) is 1.49. The number of hydrogen-bond donors (Lipinski definition) is 2. The van der Waals surface area contributed by atoms with E-state index in [0.717, 1.165) is 0 Å². The van der Waals surface area contributed by atoms with Crippen molar-refractivity contribution < 1.29 is 10.2 Å². The van der Waals surface area contributed by atoms with Crippen LogP contribution < -0.4 is 11.2 Å². The van der Waals surface area contributed by atoms with E-state index < -0.39 is 5.34 Å². The highest BCUT2D eigenvalue weighted by Gasteiger charge is 1.93. The van der Waals surface area contributed by atoms with Crippen molar-refractivity contribution in [2.75, 3.05) is 0 Å². The average Bonchev–Trinajstić information content (AvgIpc) is 1.27. The van der Waals surface area contributed by atoms with Gasteiger partial charge in [-0.05, 0) is 13.8 Å². The van der Waals surface area contributed by atoms with E-state index in [9.17, 15) is 5.21 Å². The normalized spacial score (nSPS) is 15.0. The van der Waals surface area contributed by atoms with Crippen molar-refractivity contribution in [1.82, 2.24) is 0 Å². The van der Waals surface area contributed by atoms with E-state index in [1.165, 1.54) is 0 Å². The molecule has 0 aliphatic rings. The lowest BCUT2D eigenvalue weighted by Crippen LogP contribution is -3.12. The van der Waals surface area contributed by atoms with Crippen LogP contribution in [0.4, 0.5) is 0 Å². The summed E-state index contributed by atoms with van der Waals surface area (Å²) >= 11 is 0. The van der Waals surface area contributed by atoms with E-state index in [1.54, 1.807) is 13.8 Å². The Hall–Kier alpha value is -0.160. The van der Waals surface area contributed by atoms with Crippen molar-refractivity contribution in [3.63, 3.8) is 0 Å². The monoisotopic (exact) mass is 106 g/mol. The molecule has 0 saturated carbocycles. The predicted octanol–water partition coefficient (Wildman–Crippen LogP) is -1.42. The minimum absolute atomic E-state index is 0.0995. The van der Waals surface area contributed by atoms with Gasteiger partial charge in [0.1, 0.15) is 6.10 Å². The minimum Gasteiger partial charge on any atom is -0.580 e. The lowest BCUT2D eigenvalue weighted by molar-refractivity contribution is -1.07. The average molecular weight is 106 g/mol. The molecule has 0 amide bonds. The maximum atomic E-state index is 9.81. The lowest BCUT2D eigenvalue weighted by atomic mass is 10.5. The van der Waals surface area contributed by atoms with Crippen LogP contribution in [-0.4, -0.2) is 6.10 Å². The fraction of sp³-hybridized carbons (Fsp3) is 1.00. The van der Waals surface area contributed by atoms with Gasteiger partial charge in [-0.25, -0.2) is 0 Å². The Morgan fingerprint density at radius 2 is 2.14 bits per heavy atom. The highest BCUT2D eigenvalue weighted by molar-refractivity contribution is 4.24. The molecule has 7 heavy (non-hydrogen) atoms. The molecule has 0 aromatic rings. The molecule has 4 heteroatoms. The Morgan fingerprint density at radius 1 is 1.71 bits per heavy atom. The van der Waals surface area contributed by atoms with Crippen LogP contribution in [0, 0.1) is 5.21 Å². The molecule has 0 saturated heterocycles. The summed E-state index contributed by atoms with van der Waals surface area (Å²) < 4.78 is 0. The van der Waals surface area contributed by atoms with E-state index in [0.29, 0.717) is 0 Å². The van der Waals surface area contributed by atoms with Crippen LogP contribution >= 0.6 is 0 Å². The van der Waals surface area contributed by atoms with Crippen LogP contribution in [0.2, 0.25) is 0 Å². The van der Waals surface area contributed by atoms with Gasteiger partial charge >= 0.3 is 0 Å². The Balaban J connectivity index is 2.95. The zero-order valence-corrected chi connectivity index (χ0v) is 4.47. The summed E-state index contributed by atoms with van der Waals surface area (Å²) in [7, 11) is 0. The predicted molar refractivity (Wildman–Crippen MR) is 24.7 cm³/mol. The van der Waals surface area contributed by atoms with Gasteiger partial charge in [0.05, 0.1) is 0 Å². The zero-order chi connectivity index (χ0) is 5.86. The van der Waals surface area contributed by atoms with E-state index in [4.69, 9.17) is 0 Å². The number of nitrogens with two attached hydrogens (primary N) is 1. The fourth-order valence-corrected chi connectivity index (χ4v) is 0.232. The molecule has 44 valence electrons. The summed E-state index contributed by atoms with van der Waals surface area (Å²) in [5.41, 5.74) is 0. The van der Waals surface area contributed by atoms with E-state index in [-0.39, 0.29) is 6.10 Å².